The van der Waals surface area contributed by atoms with Crippen LogP contribution in [0.15, 0.2) is 22.7 Å². The second-order valence-corrected chi connectivity index (χ2v) is 4.06. The van der Waals surface area contributed by atoms with Crippen molar-refractivity contribution in [1.29, 1.82) is 0 Å². The smallest absolute Gasteiger partial charge is 0.0491 e. The Morgan fingerprint density at radius 1 is 1.54 bits per heavy atom. The van der Waals surface area contributed by atoms with Crippen LogP contribution >= 0.6 is 15.9 Å². The molecule has 3 heteroatoms. The maximum Gasteiger partial charge on any atom is 0.0491 e. The Morgan fingerprint density at radius 3 is 2.85 bits per heavy atom. The first-order chi connectivity index (χ1) is 6.15. The van der Waals surface area contributed by atoms with Crippen molar-refractivity contribution >= 4 is 21.6 Å². The molecule has 0 aromatic heterocycles. The highest BCUT2D eigenvalue weighted by Crippen LogP contribution is 2.23. The number of benzene rings is 1. The van der Waals surface area contributed by atoms with Gasteiger partial charge in [0.15, 0.2) is 0 Å². The van der Waals surface area contributed by atoms with Crippen molar-refractivity contribution in [2.45, 2.75) is 19.4 Å². The lowest BCUT2D eigenvalue weighted by molar-refractivity contribution is 0.609. The van der Waals surface area contributed by atoms with Gasteiger partial charge in [0.1, 0.15) is 0 Å². The molecule has 0 amide bonds. The van der Waals surface area contributed by atoms with E-state index in [2.05, 4.69) is 34.2 Å². The highest BCUT2D eigenvalue weighted by molar-refractivity contribution is 9.10. The summed E-state index contributed by atoms with van der Waals surface area (Å²) in [5, 5.41) is 3.19. The van der Waals surface area contributed by atoms with Crippen LogP contribution in [0.4, 0.5) is 5.69 Å². The normalized spacial score (nSPS) is 12.8. The molecule has 1 atom stereocenters. The van der Waals surface area contributed by atoms with E-state index in [1.165, 1.54) is 5.56 Å². The summed E-state index contributed by atoms with van der Waals surface area (Å²) >= 11 is 3.41. The molecule has 0 aliphatic rings. The van der Waals surface area contributed by atoms with E-state index in [1.807, 2.05) is 19.2 Å². The summed E-state index contributed by atoms with van der Waals surface area (Å²) in [5.74, 6) is 0. The Kier molecular flexibility index (Phi) is 3.75. The fourth-order valence-corrected chi connectivity index (χ4v) is 1.60. The second-order valence-electron chi connectivity index (χ2n) is 3.21. The molecule has 0 heterocycles. The Bertz CT molecular complexity index is 286. The van der Waals surface area contributed by atoms with Crippen LogP contribution in [-0.2, 0) is 6.42 Å². The molecule has 72 valence electrons. The largest absolute Gasteiger partial charge is 0.398 e. The molecule has 0 saturated carbocycles. The lowest BCUT2D eigenvalue weighted by Crippen LogP contribution is -2.23. The number of likely N-dealkylation sites (N-methyl/N-ethyl adjacent to an activating group) is 1. The van der Waals surface area contributed by atoms with E-state index in [1.54, 1.807) is 0 Å². The Balaban J connectivity index is 2.83. The van der Waals surface area contributed by atoms with Gasteiger partial charge in [-0.25, -0.2) is 0 Å². The van der Waals surface area contributed by atoms with Crippen LogP contribution in [0.25, 0.3) is 0 Å². The van der Waals surface area contributed by atoms with Crippen LogP contribution in [0.5, 0.6) is 0 Å². The number of rotatable bonds is 3. The second kappa shape index (κ2) is 4.63. The number of halogens is 1. The topological polar surface area (TPSA) is 38.0 Å². The first kappa shape index (κ1) is 10.5. The van der Waals surface area contributed by atoms with Gasteiger partial charge in [-0.05, 0) is 48.0 Å². The first-order valence-electron chi connectivity index (χ1n) is 4.35. The first-order valence-corrected chi connectivity index (χ1v) is 5.14. The number of nitrogen functional groups attached to an aromatic ring is 1. The maximum absolute atomic E-state index is 5.91. The molecule has 0 bridgehead atoms. The van der Waals surface area contributed by atoms with E-state index in [4.69, 9.17) is 5.73 Å². The van der Waals surface area contributed by atoms with E-state index in [0.29, 0.717) is 6.04 Å². The number of hydrogen-bond acceptors (Lipinski definition) is 2. The SMILES string of the molecule is CNC(C)Cc1cccc(Br)c1N. The minimum atomic E-state index is 0.455. The van der Waals surface area contributed by atoms with Crippen LogP contribution < -0.4 is 11.1 Å². The summed E-state index contributed by atoms with van der Waals surface area (Å²) in [5.41, 5.74) is 7.95. The lowest BCUT2D eigenvalue weighted by Gasteiger charge is -2.12. The van der Waals surface area contributed by atoms with Gasteiger partial charge in [-0.15, -0.1) is 0 Å². The van der Waals surface area contributed by atoms with Crippen LogP contribution in [0.3, 0.4) is 0 Å². The molecule has 0 spiro atoms. The third-order valence-electron chi connectivity index (χ3n) is 2.16. The summed E-state index contributed by atoms with van der Waals surface area (Å²) in [6, 6.07) is 6.49. The minimum absolute atomic E-state index is 0.455. The van der Waals surface area contributed by atoms with Crippen molar-refractivity contribution in [3.63, 3.8) is 0 Å². The van der Waals surface area contributed by atoms with Gasteiger partial charge in [-0.1, -0.05) is 12.1 Å². The number of nitrogens with two attached hydrogens (primary N) is 1. The fraction of sp³-hybridized carbons (Fsp3) is 0.400. The van der Waals surface area contributed by atoms with Crippen LogP contribution in [0.2, 0.25) is 0 Å². The molecule has 13 heavy (non-hydrogen) atoms. The third kappa shape index (κ3) is 2.71. The molecule has 1 aromatic rings. The number of para-hydroxylation sites is 1. The van der Waals surface area contributed by atoms with Gasteiger partial charge in [-0.3, -0.25) is 0 Å². The van der Waals surface area contributed by atoms with Crippen molar-refractivity contribution in [3.05, 3.63) is 28.2 Å². The molecular formula is C10H15BrN2. The molecule has 0 aliphatic heterocycles. The number of hydrogen-bond donors (Lipinski definition) is 2. The molecule has 1 aromatic carbocycles. The van der Waals surface area contributed by atoms with Crippen LogP contribution in [0.1, 0.15) is 12.5 Å². The van der Waals surface area contributed by atoms with Gasteiger partial charge in [0.05, 0.1) is 0 Å². The maximum atomic E-state index is 5.91. The zero-order valence-electron chi connectivity index (χ0n) is 7.97. The van der Waals surface area contributed by atoms with Gasteiger partial charge < -0.3 is 11.1 Å². The molecule has 0 saturated heterocycles. The summed E-state index contributed by atoms with van der Waals surface area (Å²) in [7, 11) is 1.96. The summed E-state index contributed by atoms with van der Waals surface area (Å²) in [4.78, 5) is 0. The van der Waals surface area contributed by atoms with Gasteiger partial charge in [-0.2, -0.15) is 0 Å². The molecule has 1 unspecified atom stereocenters. The van der Waals surface area contributed by atoms with Crippen molar-refractivity contribution in [1.82, 2.24) is 5.32 Å². The van der Waals surface area contributed by atoms with Crippen LogP contribution in [0, 0.1) is 0 Å². The van der Waals surface area contributed by atoms with E-state index in [0.717, 1.165) is 16.6 Å². The highest BCUT2D eigenvalue weighted by Gasteiger charge is 2.05. The summed E-state index contributed by atoms with van der Waals surface area (Å²) in [6.07, 6.45) is 0.960. The van der Waals surface area contributed by atoms with Crippen molar-refractivity contribution in [2.24, 2.45) is 0 Å². The molecule has 3 N–H and O–H groups in total. The summed E-state index contributed by atoms with van der Waals surface area (Å²) < 4.78 is 0.980. The molecular weight excluding hydrogens is 228 g/mol. The average Bonchev–Trinajstić information content (AvgIpc) is 2.13. The van der Waals surface area contributed by atoms with E-state index >= 15 is 0 Å². The average molecular weight is 243 g/mol. The molecule has 0 radical (unpaired) electrons. The molecule has 2 nitrogen and oxygen atoms in total. The predicted octanol–water partition coefficient (Wildman–Crippen LogP) is 2.18. The van der Waals surface area contributed by atoms with E-state index in [9.17, 15) is 0 Å². The predicted molar refractivity (Wildman–Crippen MR) is 60.8 cm³/mol. The fourth-order valence-electron chi connectivity index (χ4n) is 1.19. The molecule has 0 fully saturated rings. The Morgan fingerprint density at radius 2 is 2.23 bits per heavy atom. The minimum Gasteiger partial charge on any atom is -0.398 e. The van der Waals surface area contributed by atoms with Gasteiger partial charge >= 0.3 is 0 Å². The number of nitrogens with one attached hydrogen (secondary N) is 1. The zero-order chi connectivity index (χ0) is 9.84. The van der Waals surface area contributed by atoms with Crippen molar-refractivity contribution in [2.75, 3.05) is 12.8 Å². The van der Waals surface area contributed by atoms with Crippen LogP contribution in [-0.4, -0.2) is 13.1 Å². The molecule has 1 rings (SSSR count). The monoisotopic (exact) mass is 242 g/mol. The number of anilines is 1. The van der Waals surface area contributed by atoms with Gasteiger partial charge in [0.2, 0.25) is 0 Å². The zero-order valence-corrected chi connectivity index (χ0v) is 9.56. The van der Waals surface area contributed by atoms with Gasteiger partial charge in [0, 0.05) is 16.2 Å². The third-order valence-corrected chi connectivity index (χ3v) is 2.85. The van der Waals surface area contributed by atoms with E-state index in [-0.39, 0.29) is 0 Å². The Labute approximate surface area is 87.6 Å². The van der Waals surface area contributed by atoms with Gasteiger partial charge in [0.25, 0.3) is 0 Å². The van der Waals surface area contributed by atoms with Crippen molar-refractivity contribution in [3.8, 4) is 0 Å². The summed E-state index contributed by atoms with van der Waals surface area (Å²) in [6.45, 7) is 2.14. The molecule has 0 aliphatic carbocycles. The standard InChI is InChI=1S/C10H15BrN2/c1-7(13-2)6-8-4-3-5-9(11)10(8)12/h3-5,7,13H,6,12H2,1-2H3. The highest BCUT2D eigenvalue weighted by atomic mass is 79.9. The lowest BCUT2D eigenvalue weighted by atomic mass is 10.1. The van der Waals surface area contributed by atoms with Crippen molar-refractivity contribution < 1.29 is 0 Å². The van der Waals surface area contributed by atoms with E-state index < -0.39 is 0 Å². The quantitative estimate of drug-likeness (QED) is 0.798. The Hall–Kier alpha value is -0.540.